The number of rotatable bonds is 4. The summed E-state index contributed by atoms with van der Waals surface area (Å²) in [4.78, 5) is 11.4. The summed E-state index contributed by atoms with van der Waals surface area (Å²) in [5.74, 6) is 0.629. The molecular formula is C16H13ClN2O2. The lowest BCUT2D eigenvalue weighted by Crippen LogP contribution is -2.03. The highest BCUT2D eigenvalue weighted by Crippen LogP contribution is 2.38. The minimum atomic E-state index is 0.00147. The predicted octanol–water partition coefficient (Wildman–Crippen LogP) is 3.53. The van der Waals surface area contributed by atoms with Gasteiger partial charge in [0.25, 0.3) is 0 Å². The van der Waals surface area contributed by atoms with E-state index in [4.69, 9.17) is 21.7 Å². The molecule has 0 fully saturated rings. The molecule has 2 aromatic rings. The van der Waals surface area contributed by atoms with Crippen molar-refractivity contribution >= 4 is 29.4 Å². The lowest BCUT2D eigenvalue weighted by atomic mass is 10.0. The first-order chi connectivity index (χ1) is 10.2. The van der Waals surface area contributed by atoms with Crippen LogP contribution in [0.1, 0.15) is 5.56 Å². The van der Waals surface area contributed by atoms with Gasteiger partial charge in [-0.25, -0.2) is 0 Å². The van der Waals surface area contributed by atoms with Crippen molar-refractivity contribution in [2.45, 2.75) is 6.42 Å². The van der Waals surface area contributed by atoms with Crippen LogP contribution in [0, 0.1) is 5.41 Å². The number of hydrogen-bond donors (Lipinski definition) is 2. The van der Waals surface area contributed by atoms with Crippen LogP contribution in [0.4, 0.5) is 5.69 Å². The van der Waals surface area contributed by atoms with Crippen LogP contribution in [0.25, 0.3) is 11.1 Å². The van der Waals surface area contributed by atoms with Gasteiger partial charge in [0.1, 0.15) is 12.4 Å². The summed E-state index contributed by atoms with van der Waals surface area (Å²) in [5, 5.41) is 10.5. The molecule has 2 aromatic carbocycles. The molecule has 0 unspecified atom stereocenters. The second-order valence-electron chi connectivity index (χ2n) is 4.72. The molecule has 0 bridgehead atoms. The Morgan fingerprint density at radius 2 is 2.19 bits per heavy atom. The van der Waals surface area contributed by atoms with Gasteiger partial charge in [-0.3, -0.25) is 4.79 Å². The van der Waals surface area contributed by atoms with Crippen LogP contribution in [-0.2, 0) is 11.2 Å². The first-order valence-electron chi connectivity index (χ1n) is 6.52. The zero-order chi connectivity index (χ0) is 14.8. The van der Waals surface area contributed by atoms with Crippen LogP contribution in [0.2, 0.25) is 5.02 Å². The normalized spacial score (nSPS) is 12.7. The van der Waals surface area contributed by atoms with Gasteiger partial charge in [0.2, 0.25) is 5.91 Å². The highest BCUT2D eigenvalue weighted by atomic mass is 35.5. The molecule has 0 aromatic heterocycles. The fraction of sp³-hybridized carbons (Fsp3) is 0.125. The van der Waals surface area contributed by atoms with E-state index in [2.05, 4.69) is 5.32 Å². The van der Waals surface area contributed by atoms with Gasteiger partial charge < -0.3 is 15.5 Å². The molecule has 1 aliphatic heterocycles. The van der Waals surface area contributed by atoms with Gasteiger partial charge in [-0.1, -0.05) is 23.7 Å². The zero-order valence-corrected chi connectivity index (χ0v) is 11.9. The van der Waals surface area contributed by atoms with Crippen LogP contribution in [0.3, 0.4) is 0 Å². The largest absolute Gasteiger partial charge is 0.487 e. The van der Waals surface area contributed by atoms with E-state index >= 15 is 0 Å². The summed E-state index contributed by atoms with van der Waals surface area (Å²) < 4.78 is 5.55. The second-order valence-corrected chi connectivity index (χ2v) is 5.13. The second kappa shape index (κ2) is 5.58. The van der Waals surface area contributed by atoms with Gasteiger partial charge >= 0.3 is 0 Å². The Morgan fingerprint density at radius 3 is 3.00 bits per heavy atom. The Balaban J connectivity index is 2.06. The van der Waals surface area contributed by atoms with Gasteiger partial charge in [0.15, 0.2) is 0 Å². The quantitative estimate of drug-likeness (QED) is 0.849. The molecule has 0 saturated heterocycles. The molecule has 21 heavy (non-hydrogen) atoms. The Labute approximate surface area is 127 Å². The Hall–Kier alpha value is -2.33. The lowest BCUT2D eigenvalue weighted by molar-refractivity contribution is -0.115. The van der Waals surface area contributed by atoms with Crippen LogP contribution in [0.15, 0.2) is 36.4 Å². The van der Waals surface area contributed by atoms with E-state index in [0.29, 0.717) is 17.2 Å². The maximum atomic E-state index is 11.4. The average Bonchev–Trinajstić information content (AvgIpc) is 2.84. The van der Waals surface area contributed by atoms with E-state index < -0.39 is 0 Å². The van der Waals surface area contributed by atoms with Crippen LogP contribution in [0.5, 0.6) is 5.75 Å². The number of amides is 1. The highest BCUT2D eigenvalue weighted by molar-refractivity contribution is 6.33. The summed E-state index contributed by atoms with van der Waals surface area (Å²) in [6.45, 7) is 0.193. The van der Waals surface area contributed by atoms with Crippen LogP contribution in [-0.4, -0.2) is 18.7 Å². The summed E-state index contributed by atoms with van der Waals surface area (Å²) in [5.41, 5.74) is 3.48. The number of nitrogens with one attached hydrogen (secondary N) is 2. The van der Waals surface area contributed by atoms with Gasteiger partial charge in [-0.05, 0) is 35.4 Å². The Kier molecular flexibility index (Phi) is 3.62. The number of hydrogen-bond acceptors (Lipinski definition) is 3. The standard InChI is InChI=1S/C16H13ClN2O2/c17-12-2-1-3-14(21-7-6-18)16(12)10-4-5-13-11(8-10)9-15(20)19-13/h1-6,8,18H,7,9H2,(H,19,20). The lowest BCUT2D eigenvalue weighted by Gasteiger charge is -2.13. The fourth-order valence-electron chi connectivity index (χ4n) is 2.42. The van der Waals surface area contributed by atoms with E-state index in [-0.39, 0.29) is 12.5 Å². The number of benzene rings is 2. The summed E-state index contributed by atoms with van der Waals surface area (Å²) in [7, 11) is 0. The maximum Gasteiger partial charge on any atom is 0.228 e. The number of anilines is 1. The van der Waals surface area contributed by atoms with Crippen molar-refractivity contribution in [3.8, 4) is 16.9 Å². The predicted molar refractivity (Wildman–Crippen MR) is 83.5 cm³/mol. The first kappa shape index (κ1) is 13.6. The Morgan fingerprint density at radius 1 is 1.33 bits per heavy atom. The summed E-state index contributed by atoms with van der Waals surface area (Å²) >= 11 is 6.30. The third-order valence-electron chi connectivity index (χ3n) is 3.32. The molecule has 0 aliphatic carbocycles. The zero-order valence-electron chi connectivity index (χ0n) is 11.2. The number of fused-ring (bicyclic) bond motifs is 1. The van der Waals surface area contributed by atoms with Crippen molar-refractivity contribution in [3.63, 3.8) is 0 Å². The molecule has 106 valence electrons. The third kappa shape index (κ3) is 2.62. The third-order valence-corrected chi connectivity index (χ3v) is 3.63. The monoisotopic (exact) mass is 300 g/mol. The minimum absolute atomic E-state index is 0.00147. The van der Waals surface area contributed by atoms with Crippen molar-refractivity contribution in [1.29, 1.82) is 5.41 Å². The first-order valence-corrected chi connectivity index (χ1v) is 6.90. The molecule has 3 rings (SSSR count). The molecule has 1 amide bonds. The number of ether oxygens (including phenoxy) is 1. The number of carbonyl (C=O) groups excluding carboxylic acids is 1. The van der Waals surface area contributed by atoms with Gasteiger partial charge in [0.05, 0.1) is 11.4 Å². The molecule has 1 heterocycles. The molecule has 0 saturated carbocycles. The van der Waals surface area contributed by atoms with E-state index in [1.165, 1.54) is 6.21 Å². The molecule has 2 N–H and O–H groups in total. The minimum Gasteiger partial charge on any atom is -0.487 e. The van der Waals surface area contributed by atoms with Crippen molar-refractivity contribution in [1.82, 2.24) is 0 Å². The van der Waals surface area contributed by atoms with Gasteiger partial charge in [-0.15, -0.1) is 0 Å². The van der Waals surface area contributed by atoms with Crippen molar-refractivity contribution in [2.75, 3.05) is 11.9 Å². The van der Waals surface area contributed by atoms with Crippen LogP contribution < -0.4 is 10.1 Å². The molecule has 4 nitrogen and oxygen atoms in total. The average molecular weight is 301 g/mol. The van der Waals surface area contributed by atoms with Crippen molar-refractivity contribution in [2.24, 2.45) is 0 Å². The molecule has 1 aliphatic rings. The SMILES string of the molecule is N=CCOc1cccc(Cl)c1-c1ccc2c(c1)CC(=O)N2. The van der Waals surface area contributed by atoms with E-state index in [0.717, 1.165) is 22.4 Å². The molecular weight excluding hydrogens is 288 g/mol. The summed E-state index contributed by atoms with van der Waals surface area (Å²) in [6.07, 6.45) is 1.57. The maximum absolute atomic E-state index is 11.4. The summed E-state index contributed by atoms with van der Waals surface area (Å²) in [6, 6.07) is 11.2. The highest BCUT2D eigenvalue weighted by Gasteiger charge is 2.19. The van der Waals surface area contributed by atoms with E-state index in [1.807, 2.05) is 30.3 Å². The van der Waals surface area contributed by atoms with E-state index in [9.17, 15) is 4.79 Å². The molecule has 0 radical (unpaired) electrons. The fourth-order valence-corrected chi connectivity index (χ4v) is 2.70. The number of carbonyl (C=O) groups is 1. The van der Waals surface area contributed by atoms with E-state index in [1.54, 1.807) is 6.07 Å². The Bertz CT molecular complexity index is 728. The number of halogens is 1. The molecule has 0 atom stereocenters. The smallest absolute Gasteiger partial charge is 0.228 e. The van der Waals surface area contributed by atoms with Crippen molar-refractivity contribution in [3.05, 3.63) is 47.0 Å². The van der Waals surface area contributed by atoms with Crippen molar-refractivity contribution < 1.29 is 9.53 Å². The topological polar surface area (TPSA) is 62.2 Å². The molecule has 0 spiro atoms. The van der Waals surface area contributed by atoms with Gasteiger partial charge in [0, 0.05) is 17.5 Å². The van der Waals surface area contributed by atoms with Gasteiger partial charge in [-0.2, -0.15) is 0 Å². The van der Waals surface area contributed by atoms with Crippen LogP contribution >= 0.6 is 11.6 Å². The molecule has 5 heteroatoms.